The van der Waals surface area contributed by atoms with Crippen LogP contribution in [-0.2, 0) is 9.53 Å². The van der Waals surface area contributed by atoms with Gasteiger partial charge in [0, 0.05) is 0 Å². The third-order valence-electron chi connectivity index (χ3n) is 1.24. The molecule has 10 heavy (non-hydrogen) atoms. The van der Waals surface area contributed by atoms with Gasteiger partial charge in [-0.25, -0.2) is 0 Å². The average molecular weight is 144 g/mol. The highest BCUT2D eigenvalue weighted by Crippen LogP contribution is 2.06. The fourth-order valence-electron chi connectivity index (χ4n) is 0.679. The first-order chi connectivity index (χ1) is 4.74. The fraction of sp³-hybridized carbons (Fsp3) is 0.500. The second kappa shape index (κ2) is 2.81. The average Bonchev–Trinajstić information content (AvgIpc) is 1.95. The quantitative estimate of drug-likeness (QED) is 0.515. The number of hydrogen-bond acceptors (Lipinski definition) is 4. The first-order valence-electron chi connectivity index (χ1n) is 2.90. The molecule has 0 fully saturated rings. The summed E-state index contributed by atoms with van der Waals surface area (Å²) in [4.78, 5) is 10.5. The van der Waals surface area contributed by atoms with Gasteiger partial charge in [0.05, 0.1) is 6.61 Å². The van der Waals surface area contributed by atoms with Crippen LogP contribution in [0.15, 0.2) is 11.8 Å². The molecule has 0 aromatic rings. The molecule has 0 saturated heterocycles. The Balaban J connectivity index is 2.65. The molecular weight excluding hydrogens is 136 g/mol. The van der Waals surface area contributed by atoms with Gasteiger partial charge >= 0.3 is 0 Å². The zero-order valence-electron chi connectivity index (χ0n) is 5.28. The summed E-state index contributed by atoms with van der Waals surface area (Å²) in [6.07, 6.45) is 0.670. The molecule has 1 aliphatic rings. The Bertz CT molecular complexity index is 173. The number of carbonyl (C=O) groups is 1. The minimum atomic E-state index is -0.530. The lowest BCUT2D eigenvalue weighted by molar-refractivity contribution is -0.126. The van der Waals surface area contributed by atoms with Crippen molar-refractivity contribution in [2.75, 3.05) is 13.2 Å². The van der Waals surface area contributed by atoms with Gasteiger partial charge in [-0.05, 0) is 6.08 Å². The highest BCUT2D eigenvalue weighted by Gasteiger charge is 2.18. The molecule has 0 amide bonds. The summed E-state index contributed by atoms with van der Waals surface area (Å²) >= 11 is 0. The number of Topliss-reactive ketones (excluding diaryl/α,β-unsaturated/α-hetero) is 1. The van der Waals surface area contributed by atoms with Crippen LogP contribution in [0, 0.1) is 0 Å². The number of ether oxygens (including phenoxy) is 1. The Morgan fingerprint density at radius 1 is 1.80 bits per heavy atom. The van der Waals surface area contributed by atoms with E-state index in [9.17, 15) is 4.79 Å². The standard InChI is InChI=1S/C6H8O4/c7-2-4-1-5(8)6(9)3-10-4/h1,4,7-8H,2-3H2. The molecule has 0 aromatic carbocycles. The van der Waals surface area contributed by atoms with Crippen LogP contribution in [0.1, 0.15) is 0 Å². The Morgan fingerprint density at radius 2 is 2.50 bits per heavy atom. The number of aliphatic hydroxyl groups is 2. The molecule has 1 rings (SSSR count). The second-order valence-electron chi connectivity index (χ2n) is 2.01. The SMILES string of the molecule is O=C1COC(CO)C=C1O. The lowest BCUT2D eigenvalue weighted by Gasteiger charge is -2.15. The minimum absolute atomic E-state index is 0.145. The van der Waals surface area contributed by atoms with Crippen LogP contribution in [0.25, 0.3) is 0 Å². The van der Waals surface area contributed by atoms with Crippen molar-refractivity contribution >= 4 is 5.78 Å². The normalized spacial score (nSPS) is 26.3. The highest BCUT2D eigenvalue weighted by molar-refractivity contribution is 5.94. The molecule has 0 bridgehead atoms. The molecule has 4 nitrogen and oxygen atoms in total. The minimum Gasteiger partial charge on any atom is -0.504 e. The molecule has 0 spiro atoms. The van der Waals surface area contributed by atoms with Gasteiger partial charge in [0.1, 0.15) is 12.7 Å². The third-order valence-corrected chi connectivity index (χ3v) is 1.24. The number of ketones is 1. The first-order valence-corrected chi connectivity index (χ1v) is 2.90. The van der Waals surface area contributed by atoms with Crippen LogP contribution in [0.5, 0.6) is 0 Å². The molecule has 1 atom stereocenters. The van der Waals surface area contributed by atoms with Crippen molar-refractivity contribution in [1.82, 2.24) is 0 Å². The monoisotopic (exact) mass is 144 g/mol. The topological polar surface area (TPSA) is 66.8 Å². The molecule has 4 heteroatoms. The number of aliphatic hydroxyl groups excluding tert-OH is 2. The maximum atomic E-state index is 10.5. The van der Waals surface area contributed by atoms with Crippen molar-refractivity contribution in [1.29, 1.82) is 0 Å². The molecule has 0 saturated carbocycles. The summed E-state index contributed by atoms with van der Waals surface area (Å²) in [5, 5.41) is 17.3. The van der Waals surface area contributed by atoms with Gasteiger partial charge in [-0.1, -0.05) is 0 Å². The zero-order valence-corrected chi connectivity index (χ0v) is 5.28. The van der Waals surface area contributed by atoms with Gasteiger partial charge in [0.25, 0.3) is 0 Å². The van der Waals surface area contributed by atoms with Crippen molar-refractivity contribution < 1.29 is 19.7 Å². The van der Waals surface area contributed by atoms with Gasteiger partial charge in [-0.2, -0.15) is 0 Å². The van der Waals surface area contributed by atoms with Crippen LogP contribution in [0.3, 0.4) is 0 Å². The molecule has 1 unspecified atom stereocenters. The Labute approximate surface area is 57.7 Å². The van der Waals surface area contributed by atoms with Crippen molar-refractivity contribution in [2.45, 2.75) is 6.10 Å². The van der Waals surface area contributed by atoms with E-state index in [0.29, 0.717) is 0 Å². The molecular formula is C6H8O4. The Kier molecular flexibility index (Phi) is 2.03. The molecule has 2 N–H and O–H groups in total. The molecule has 56 valence electrons. The summed E-state index contributed by atoms with van der Waals surface area (Å²) < 4.78 is 4.77. The highest BCUT2D eigenvalue weighted by atomic mass is 16.5. The number of hydrogen-bond donors (Lipinski definition) is 2. The van der Waals surface area contributed by atoms with Gasteiger partial charge in [0.15, 0.2) is 5.76 Å². The van der Waals surface area contributed by atoms with Gasteiger partial charge in [-0.15, -0.1) is 0 Å². The molecule has 1 aliphatic heterocycles. The van der Waals surface area contributed by atoms with Crippen molar-refractivity contribution in [2.24, 2.45) is 0 Å². The summed E-state index contributed by atoms with van der Waals surface area (Å²) in [5.74, 6) is -0.755. The Hall–Kier alpha value is -0.870. The summed E-state index contributed by atoms with van der Waals surface area (Å²) in [6.45, 7) is -0.356. The smallest absolute Gasteiger partial charge is 0.222 e. The Morgan fingerprint density at radius 3 is 3.00 bits per heavy atom. The van der Waals surface area contributed by atoms with Crippen LogP contribution >= 0.6 is 0 Å². The van der Waals surface area contributed by atoms with Crippen LogP contribution in [0.4, 0.5) is 0 Å². The molecule has 0 aromatic heterocycles. The van der Waals surface area contributed by atoms with Crippen LogP contribution in [0.2, 0.25) is 0 Å². The van der Waals surface area contributed by atoms with Crippen LogP contribution < -0.4 is 0 Å². The predicted octanol–water partition coefficient (Wildman–Crippen LogP) is -0.611. The molecule has 0 aliphatic carbocycles. The first kappa shape index (κ1) is 7.24. The molecule has 0 radical (unpaired) electrons. The number of rotatable bonds is 1. The van der Waals surface area contributed by atoms with E-state index in [2.05, 4.69) is 0 Å². The van der Waals surface area contributed by atoms with Crippen LogP contribution in [-0.4, -0.2) is 35.3 Å². The number of carbonyl (C=O) groups excluding carboxylic acids is 1. The largest absolute Gasteiger partial charge is 0.504 e. The van der Waals surface area contributed by atoms with E-state index in [1.54, 1.807) is 0 Å². The van der Waals surface area contributed by atoms with E-state index in [-0.39, 0.29) is 19.0 Å². The zero-order chi connectivity index (χ0) is 7.56. The van der Waals surface area contributed by atoms with Crippen molar-refractivity contribution in [3.63, 3.8) is 0 Å². The fourth-order valence-corrected chi connectivity index (χ4v) is 0.679. The van der Waals surface area contributed by atoms with Gasteiger partial charge in [-0.3, -0.25) is 4.79 Å². The maximum absolute atomic E-state index is 10.5. The van der Waals surface area contributed by atoms with E-state index >= 15 is 0 Å². The summed E-state index contributed by atoms with van der Waals surface area (Å²) in [5.41, 5.74) is 0. The lowest BCUT2D eigenvalue weighted by atomic mass is 10.2. The third kappa shape index (κ3) is 1.34. The lowest BCUT2D eigenvalue weighted by Crippen LogP contribution is -2.27. The van der Waals surface area contributed by atoms with Gasteiger partial charge in [0.2, 0.25) is 5.78 Å². The van der Waals surface area contributed by atoms with E-state index in [1.165, 1.54) is 6.08 Å². The van der Waals surface area contributed by atoms with E-state index in [1.807, 2.05) is 0 Å². The summed E-state index contributed by atoms with van der Waals surface area (Å²) in [7, 11) is 0. The summed E-state index contributed by atoms with van der Waals surface area (Å²) in [6, 6.07) is 0. The maximum Gasteiger partial charge on any atom is 0.222 e. The van der Waals surface area contributed by atoms with E-state index in [0.717, 1.165) is 0 Å². The second-order valence-corrected chi connectivity index (χ2v) is 2.01. The predicted molar refractivity (Wildman–Crippen MR) is 32.5 cm³/mol. The van der Waals surface area contributed by atoms with E-state index in [4.69, 9.17) is 14.9 Å². The van der Waals surface area contributed by atoms with E-state index < -0.39 is 11.9 Å². The molecule has 1 heterocycles. The van der Waals surface area contributed by atoms with Gasteiger partial charge < -0.3 is 14.9 Å². The van der Waals surface area contributed by atoms with Crippen molar-refractivity contribution in [3.05, 3.63) is 11.8 Å². The van der Waals surface area contributed by atoms with Crippen molar-refractivity contribution in [3.8, 4) is 0 Å².